The molecule has 0 saturated heterocycles. The van der Waals surface area contributed by atoms with Gasteiger partial charge in [-0.05, 0) is 67.0 Å². The molecule has 6 nitrogen and oxygen atoms in total. The van der Waals surface area contributed by atoms with Crippen LogP contribution in [0.1, 0.15) is 38.4 Å². The van der Waals surface area contributed by atoms with Gasteiger partial charge < -0.3 is 5.32 Å². The predicted molar refractivity (Wildman–Crippen MR) is 136 cm³/mol. The number of aryl methyl sites for hydroxylation is 4. The maximum absolute atomic E-state index is 13.3. The first-order chi connectivity index (χ1) is 16.6. The Hall–Kier alpha value is -3.71. The molecule has 0 fully saturated rings. The summed E-state index contributed by atoms with van der Waals surface area (Å²) in [5.74, 6) is 1.08. The van der Waals surface area contributed by atoms with Gasteiger partial charge in [0.2, 0.25) is 5.16 Å². The molecule has 0 unspecified atom stereocenters. The summed E-state index contributed by atoms with van der Waals surface area (Å²) >= 11 is 1.50. The van der Waals surface area contributed by atoms with Crippen molar-refractivity contribution in [2.24, 2.45) is 0 Å². The van der Waals surface area contributed by atoms with E-state index in [1.165, 1.54) is 28.3 Å². The molecule has 7 heteroatoms. The van der Waals surface area contributed by atoms with Crippen LogP contribution in [-0.2, 0) is 18.6 Å². The van der Waals surface area contributed by atoms with E-state index in [9.17, 15) is 4.79 Å². The predicted octanol–water partition coefficient (Wildman–Crippen LogP) is 5.54. The molecule has 0 bridgehead atoms. The first kappa shape index (κ1) is 20.9. The van der Waals surface area contributed by atoms with Gasteiger partial charge in [-0.3, -0.25) is 4.79 Å². The number of thioether (sulfide) groups is 1. The zero-order valence-corrected chi connectivity index (χ0v) is 19.8. The van der Waals surface area contributed by atoms with Gasteiger partial charge in [0.15, 0.2) is 0 Å². The normalized spacial score (nSPS) is 12.5. The van der Waals surface area contributed by atoms with E-state index in [2.05, 4.69) is 44.6 Å². The zero-order chi connectivity index (χ0) is 23.2. The number of anilines is 1. The molecule has 1 aliphatic carbocycles. The second kappa shape index (κ2) is 8.25. The summed E-state index contributed by atoms with van der Waals surface area (Å²) < 4.78 is 1.75. The van der Waals surface area contributed by atoms with Crippen molar-refractivity contribution in [1.82, 2.24) is 19.6 Å². The molecule has 2 heterocycles. The minimum atomic E-state index is -0.106. The van der Waals surface area contributed by atoms with Crippen molar-refractivity contribution in [2.75, 3.05) is 5.32 Å². The summed E-state index contributed by atoms with van der Waals surface area (Å²) in [5.41, 5.74) is 7.09. The Labute approximate surface area is 201 Å². The smallest absolute Gasteiger partial charge is 0.255 e. The number of benzene rings is 3. The van der Waals surface area contributed by atoms with Gasteiger partial charge in [0.25, 0.3) is 11.7 Å². The molecule has 5 aromatic rings. The molecule has 0 spiro atoms. The van der Waals surface area contributed by atoms with Crippen LogP contribution in [0.15, 0.2) is 65.8 Å². The van der Waals surface area contributed by atoms with Crippen LogP contribution < -0.4 is 5.32 Å². The number of fused-ring (bicyclic) bond motifs is 1. The fourth-order valence-electron chi connectivity index (χ4n) is 4.76. The van der Waals surface area contributed by atoms with Crippen LogP contribution in [0.4, 0.5) is 5.69 Å². The summed E-state index contributed by atoms with van der Waals surface area (Å²) in [6.07, 6.45) is 2.13. The molecular formula is C27H23N5OS. The van der Waals surface area contributed by atoms with Crippen LogP contribution in [0.5, 0.6) is 0 Å². The fraction of sp³-hybridized carbons (Fsp3) is 0.185. The summed E-state index contributed by atoms with van der Waals surface area (Å²) in [6, 6.07) is 20.2. The van der Waals surface area contributed by atoms with Crippen molar-refractivity contribution in [3.05, 3.63) is 94.3 Å². The standard InChI is InChI=1S/C27H23N5OS/c1-16-14-17(2)32-26(28-16)30-27(31-32)34-15-20-6-3-4-8-21(20)25(33)29-23-13-12-19-11-10-18-7-5-9-22(23)24(18)19/h3-9,12-14H,10-11,15H2,1-2H3,(H,29,33). The van der Waals surface area contributed by atoms with E-state index in [0.29, 0.717) is 22.3 Å². The summed E-state index contributed by atoms with van der Waals surface area (Å²) in [4.78, 5) is 22.3. The lowest BCUT2D eigenvalue weighted by Gasteiger charge is -2.12. The molecule has 3 aromatic carbocycles. The van der Waals surface area contributed by atoms with Crippen LogP contribution >= 0.6 is 11.8 Å². The van der Waals surface area contributed by atoms with Crippen molar-refractivity contribution in [3.8, 4) is 0 Å². The van der Waals surface area contributed by atoms with E-state index in [1.54, 1.807) is 4.52 Å². The SMILES string of the molecule is Cc1cc(C)n2nc(SCc3ccccc3C(=O)Nc3ccc4c5c(cccc35)CC4)nc2n1. The highest BCUT2D eigenvalue weighted by Gasteiger charge is 2.18. The third-order valence-corrected chi connectivity index (χ3v) is 7.23. The van der Waals surface area contributed by atoms with Crippen molar-refractivity contribution in [2.45, 2.75) is 37.6 Å². The van der Waals surface area contributed by atoms with Gasteiger partial charge in [-0.2, -0.15) is 4.98 Å². The van der Waals surface area contributed by atoms with E-state index >= 15 is 0 Å². The van der Waals surface area contributed by atoms with E-state index in [0.717, 1.165) is 40.9 Å². The van der Waals surface area contributed by atoms with Crippen LogP contribution in [0.25, 0.3) is 16.6 Å². The molecule has 0 saturated carbocycles. The van der Waals surface area contributed by atoms with Crippen LogP contribution in [0, 0.1) is 13.8 Å². The molecule has 0 aliphatic heterocycles. The molecule has 34 heavy (non-hydrogen) atoms. The second-order valence-electron chi connectivity index (χ2n) is 8.66. The minimum Gasteiger partial charge on any atom is -0.321 e. The lowest BCUT2D eigenvalue weighted by atomic mass is 10.0. The lowest BCUT2D eigenvalue weighted by Crippen LogP contribution is -2.14. The van der Waals surface area contributed by atoms with Crippen LogP contribution in [0.3, 0.4) is 0 Å². The Morgan fingerprint density at radius 1 is 1.00 bits per heavy atom. The molecule has 2 aromatic heterocycles. The Morgan fingerprint density at radius 3 is 2.71 bits per heavy atom. The number of hydrogen-bond donors (Lipinski definition) is 1. The number of hydrogen-bond acceptors (Lipinski definition) is 5. The number of carbonyl (C=O) groups excluding carboxylic acids is 1. The topological polar surface area (TPSA) is 72.2 Å². The molecule has 0 atom stereocenters. The molecule has 168 valence electrons. The average molecular weight is 466 g/mol. The molecule has 1 amide bonds. The number of rotatable bonds is 5. The lowest BCUT2D eigenvalue weighted by molar-refractivity contribution is 0.102. The van der Waals surface area contributed by atoms with Gasteiger partial charge >= 0.3 is 0 Å². The van der Waals surface area contributed by atoms with Gasteiger partial charge in [-0.1, -0.05) is 54.2 Å². The fourth-order valence-corrected chi connectivity index (χ4v) is 5.59. The quantitative estimate of drug-likeness (QED) is 0.345. The molecular weight excluding hydrogens is 442 g/mol. The minimum absolute atomic E-state index is 0.106. The van der Waals surface area contributed by atoms with Gasteiger partial charge in [0, 0.05) is 33.8 Å². The van der Waals surface area contributed by atoms with Crippen LogP contribution in [-0.4, -0.2) is 25.5 Å². The van der Waals surface area contributed by atoms with Gasteiger partial charge in [0.05, 0.1) is 0 Å². The molecule has 6 rings (SSSR count). The highest BCUT2D eigenvalue weighted by Crippen LogP contribution is 2.35. The van der Waals surface area contributed by atoms with E-state index in [-0.39, 0.29) is 5.91 Å². The van der Waals surface area contributed by atoms with E-state index < -0.39 is 0 Å². The van der Waals surface area contributed by atoms with Gasteiger partial charge in [0.1, 0.15) is 0 Å². The highest BCUT2D eigenvalue weighted by atomic mass is 32.2. The summed E-state index contributed by atoms with van der Waals surface area (Å²) in [6.45, 7) is 3.94. The summed E-state index contributed by atoms with van der Waals surface area (Å²) in [7, 11) is 0. The average Bonchev–Trinajstić information content (AvgIpc) is 3.45. The van der Waals surface area contributed by atoms with Crippen molar-refractivity contribution < 1.29 is 4.79 Å². The molecule has 1 N–H and O–H groups in total. The summed E-state index contributed by atoms with van der Waals surface area (Å²) in [5, 5.41) is 10.8. The van der Waals surface area contributed by atoms with E-state index in [4.69, 9.17) is 0 Å². The Bertz CT molecular complexity index is 1580. The zero-order valence-electron chi connectivity index (χ0n) is 19.0. The third-order valence-electron chi connectivity index (χ3n) is 6.34. The number of carbonyl (C=O) groups is 1. The number of nitrogens with one attached hydrogen (secondary N) is 1. The number of amides is 1. The number of aromatic nitrogens is 4. The Balaban J connectivity index is 1.26. The Morgan fingerprint density at radius 2 is 1.82 bits per heavy atom. The largest absolute Gasteiger partial charge is 0.321 e. The van der Waals surface area contributed by atoms with Crippen LogP contribution in [0.2, 0.25) is 0 Å². The first-order valence-electron chi connectivity index (χ1n) is 11.3. The van der Waals surface area contributed by atoms with Crippen molar-refractivity contribution >= 4 is 39.9 Å². The first-order valence-corrected chi connectivity index (χ1v) is 12.3. The van der Waals surface area contributed by atoms with Crippen molar-refractivity contribution in [3.63, 3.8) is 0 Å². The maximum atomic E-state index is 13.3. The highest BCUT2D eigenvalue weighted by molar-refractivity contribution is 7.98. The number of nitrogens with zero attached hydrogens (tertiary/aromatic N) is 4. The van der Waals surface area contributed by atoms with E-state index in [1.807, 2.05) is 50.2 Å². The Kier molecular flexibility index (Phi) is 5.07. The molecule has 1 aliphatic rings. The van der Waals surface area contributed by atoms with Gasteiger partial charge in [-0.15, -0.1) is 5.10 Å². The third kappa shape index (κ3) is 3.62. The van der Waals surface area contributed by atoms with Gasteiger partial charge in [-0.25, -0.2) is 9.50 Å². The monoisotopic (exact) mass is 465 g/mol. The second-order valence-corrected chi connectivity index (χ2v) is 9.60. The molecule has 0 radical (unpaired) electrons. The maximum Gasteiger partial charge on any atom is 0.255 e. The van der Waals surface area contributed by atoms with Crippen molar-refractivity contribution in [1.29, 1.82) is 0 Å².